The standard InChI is InChI=1S/C14H19NO/c16-10-12-8-15(9-12)7-11-5-13-3-1-2-4-14(13)6-11/h1-4,11-12,16H,5-10H2. The van der Waals surface area contributed by atoms with Gasteiger partial charge in [-0.3, -0.25) is 0 Å². The average Bonchev–Trinajstić information content (AvgIpc) is 2.65. The fourth-order valence-electron chi connectivity index (χ4n) is 3.09. The molecule has 1 aromatic carbocycles. The summed E-state index contributed by atoms with van der Waals surface area (Å²) in [6, 6.07) is 8.82. The fourth-order valence-corrected chi connectivity index (χ4v) is 3.09. The van der Waals surface area contributed by atoms with Crippen molar-refractivity contribution in [1.29, 1.82) is 0 Å². The van der Waals surface area contributed by atoms with Gasteiger partial charge < -0.3 is 10.0 Å². The number of aliphatic hydroxyl groups is 1. The van der Waals surface area contributed by atoms with Crippen LogP contribution in [-0.2, 0) is 12.8 Å². The quantitative estimate of drug-likeness (QED) is 0.825. The second kappa shape index (κ2) is 4.19. The Morgan fingerprint density at radius 1 is 1.06 bits per heavy atom. The zero-order valence-electron chi connectivity index (χ0n) is 9.60. The molecule has 0 bridgehead atoms. The van der Waals surface area contributed by atoms with Gasteiger partial charge in [-0.05, 0) is 29.9 Å². The number of fused-ring (bicyclic) bond motifs is 1. The van der Waals surface area contributed by atoms with Crippen molar-refractivity contribution < 1.29 is 5.11 Å². The van der Waals surface area contributed by atoms with E-state index < -0.39 is 0 Å². The molecule has 1 saturated heterocycles. The Hall–Kier alpha value is -0.860. The minimum Gasteiger partial charge on any atom is -0.396 e. The van der Waals surface area contributed by atoms with E-state index in [1.807, 2.05) is 0 Å². The third-order valence-corrected chi connectivity index (χ3v) is 3.94. The van der Waals surface area contributed by atoms with Gasteiger partial charge >= 0.3 is 0 Å². The maximum atomic E-state index is 8.98. The van der Waals surface area contributed by atoms with Crippen LogP contribution in [0, 0.1) is 11.8 Å². The van der Waals surface area contributed by atoms with Crippen molar-refractivity contribution in [2.75, 3.05) is 26.2 Å². The van der Waals surface area contributed by atoms with Gasteiger partial charge in [-0.15, -0.1) is 0 Å². The van der Waals surface area contributed by atoms with Crippen molar-refractivity contribution in [2.45, 2.75) is 12.8 Å². The normalized spacial score (nSPS) is 22.1. The summed E-state index contributed by atoms with van der Waals surface area (Å²) < 4.78 is 0. The summed E-state index contributed by atoms with van der Waals surface area (Å²) in [5.41, 5.74) is 3.10. The van der Waals surface area contributed by atoms with Gasteiger partial charge in [-0.25, -0.2) is 0 Å². The molecule has 0 aromatic heterocycles. The minimum atomic E-state index is 0.362. The molecule has 1 aliphatic heterocycles. The van der Waals surface area contributed by atoms with Crippen molar-refractivity contribution >= 4 is 0 Å². The molecule has 1 aromatic rings. The highest BCUT2D eigenvalue weighted by Gasteiger charge is 2.30. The zero-order valence-corrected chi connectivity index (χ0v) is 9.60. The molecule has 1 fully saturated rings. The Balaban J connectivity index is 1.53. The lowest BCUT2D eigenvalue weighted by molar-refractivity contribution is 0.0427. The summed E-state index contributed by atoms with van der Waals surface area (Å²) in [6.07, 6.45) is 2.49. The molecule has 0 spiro atoms. The smallest absolute Gasteiger partial charge is 0.0483 e. The number of nitrogens with zero attached hydrogens (tertiary/aromatic N) is 1. The van der Waals surface area contributed by atoms with Crippen LogP contribution in [0.2, 0.25) is 0 Å². The first-order chi connectivity index (χ1) is 7.85. The predicted molar refractivity (Wildman–Crippen MR) is 64.4 cm³/mol. The molecule has 86 valence electrons. The summed E-state index contributed by atoms with van der Waals surface area (Å²) in [6.45, 7) is 3.78. The third-order valence-electron chi connectivity index (χ3n) is 3.94. The van der Waals surface area contributed by atoms with Gasteiger partial charge in [0, 0.05) is 32.2 Å². The molecule has 2 nitrogen and oxygen atoms in total. The maximum absolute atomic E-state index is 8.98. The summed E-state index contributed by atoms with van der Waals surface area (Å²) >= 11 is 0. The lowest BCUT2D eigenvalue weighted by Gasteiger charge is -2.39. The van der Waals surface area contributed by atoms with Gasteiger partial charge in [0.05, 0.1) is 0 Å². The first-order valence-corrected chi connectivity index (χ1v) is 6.25. The molecule has 2 heteroatoms. The van der Waals surface area contributed by atoms with Crippen LogP contribution in [0.4, 0.5) is 0 Å². The van der Waals surface area contributed by atoms with Crippen LogP contribution in [0.3, 0.4) is 0 Å². The highest BCUT2D eigenvalue weighted by molar-refractivity contribution is 5.32. The van der Waals surface area contributed by atoms with Gasteiger partial charge in [-0.1, -0.05) is 24.3 Å². The van der Waals surface area contributed by atoms with Crippen LogP contribution >= 0.6 is 0 Å². The van der Waals surface area contributed by atoms with Crippen molar-refractivity contribution in [3.63, 3.8) is 0 Å². The Morgan fingerprint density at radius 2 is 1.69 bits per heavy atom. The van der Waals surface area contributed by atoms with E-state index in [4.69, 9.17) is 5.11 Å². The number of aliphatic hydroxyl groups excluding tert-OH is 1. The molecular formula is C14H19NO. The van der Waals surface area contributed by atoms with Crippen molar-refractivity contribution in [2.24, 2.45) is 11.8 Å². The molecule has 0 saturated carbocycles. The van der Waals surface area contributed by atoms with Crippen LogP contribution in [0.1, 0.15) is 11.1 Å². The monoisotopic (exact) mass is 217 g/mol. The lowest BCUT2D eigenvalue weighted by Crippen LogP contribution is -2.50. The first-order valence-electron chi connectivity index (χ1n) is 6.25. The van der Waals surface area contributed by atoms with Crippen molar-refractivity contribution in [3.05, 3.63) is 35.4 Å². The molecule has 16 heavy (non-hydrogen) atoms. The third kappa shape index (κ3) is 1.87. The second-order valence-electron chi connectivity index (χ2n) is 5.31. The number of hydrogen-bond acceptors (Lipinski definition) is 2. The molecule has 0 radical (unpaired) electrons. The van der Waals surface area contributed by atoms with E-state index in [0.29, 0.717) is 12.5 Å². The minimum absolute atomic E-state index is 0.362. The number of benzene rings is 1. The van der Waals surface area contributed by atoms with Crippen LogP contribution < -0.4 is 0 Å². The Bertz CT molecular complexity index is 346. The zero-order chi connectivity index (χ0) is 11.0. The maximum Gasteiger partial charge on any atom is 0.0483 e. The largest absolute Gasteiger partial charge is 0.396 e. The number of hydrogen-bond donors (Lipinski definition) is 1. The lowest BCUT2D eigenvalue weighted by atomic mass is 9.97. The molecule has 0 atom stereocenters. The number of likely N-dealkylation sites (tertiary alicyclic amines) is 1. The fraction of sp³-hybridized carbons (Fsp3) is 0.571. The Labute approximate surface area is 96.9 Å². The molecule has 0 amide bonds. The molecular weight excluding hydrogens is 198 g/mol. The topological polar surface area (TPSA) is 23.5 Å². The van der Waals surface area contributed by atoms with Crippen molar-refractivity contribution in [3.8, 4) is 0 Å². The first kappa shape index (κ1) is 10.3. The average molecular weight is 217 g/mol. The van der Waals surface area contributed by atoms with Gasteiger partial charge in [0.1, 0.15) is 0 Å². The Morgan fingerprint density at radius 3 is 2.25 bits per heavy atom. The van der Waals surface area contributed by atoms with E-state index in [2.05, 4.69) is 29.2 Å². The van der Waals surface area contributed by atoms with E-state index in [1.165, 1.54) is 19.4 Å². The molecule has 1 aliphatic carbocycles. The van der Waals surface area contributed by atoms with Crippen molar-refractivity contribution in [1.82, 2.24) is 4.90 Å². The summed E-state index contributed by atoms with van der Waals surface area (Å²) in [4.78, 5) is 2.48. The Kier molecular flexibility index (Phi) is 2.70. The van der Waals surface area contributed by atoms with Gasteiger partial charge in [0.25, 0.3) is 0 Å². The summed E-state index contributed by atoms with van der Waals surface area (Å²) in [7, 11) is 0. The summed E-state index contributed by atoms with van der Waals surface area (Å²) in [5.74, 6) is 1.35. The van der Waals surface area contributed by atoms with E-state index in [-0.39, 0.29) is 0 Å². The SMILES string of the molecule is OCC1CN(CC2Cc3ccccc3C2)C1. The molecule has 1 N–H and O–H groups in total. The highest BCUT2D eigenvalue weighted by atomic mass is 16.3. The highest BCUT2D eigenvalue weighted by Crippen LogP contribution is 2.28. The van der Waals surface area contributed by atoms with Gasteiger partial charge in [0.15, 0.2) is 0 Å². The van der Waals surface area contributed by atoms with Crippen LogP contribution in [0.15, 0.2) is 24.3 Å². The van der Waals surface area contributed by atoms with E-state index in [9.17, 15) is 0 Å². The van der Waals surface area contributed by atoms with E-state index in [1.54, 1.807) is 11.1 Å². The molecule has 0 unspecified atom stereocenters. The van der Waals surface area contributed by atoms with Crippen LogP contribution in [0.25, 0.3) is 0 Å². The number of rotatable bonds is 3. The van der Waals surface area contributed by atoms with E-state index in [0.717, 1.165) is 19.0 Å². The molecule has 2 aliphatic rings. The predicted octanol–water partition coefficient (Wildman–Crippen LogP) is 1.33. The van der Waals surface area contributed by atoms with Gasteiger partial charge in [0.2, 0.25) is 0 Å². The van der Waals surface area contributed by atoms with Crippen LogP contribution in [-0.4, -0.2) is 36.2 Å². The second-order valence-corrected chi connectivity index (χ2v) is 5.31. The summed E-state index contributed by atoms with van der Waals surface area (Å²) in [5, 5.41) is 8.98. The molecule has 1 heterocycles. The van der Waals surface area contributed by atoms with Gasteiger partial charge in [-0.2, -0.15) is 0 Å². The van der Waals surface area contributed by atoms with Crippen LogP contribution in [0.5, 0.6) is 0 Å². The molecule has 3 rings (SSSR count). The van der Waals surface area contributed by atoms with E-state index >= 15 is 0 Å².